The van der Waals surface area contributed by atoms with E-state index in [1.54, 1.807) is 12.5 Å². The van der Waals surface area contributed by atoms with Crippen LogP contribution < -0.4 is 9.80 Å². The van der Waals surface area contributed by atoms with Crippen LogP contribution in [0.15, 0.2) is 36.8 Å². The number of hydrogen-bond acceptors (Lipinski definition) is 5. The van der Waals surface area contributed by atoms with E-state index < -0.39 is 0 Å². The summed E-state index contributed by atoms with van der Waals surface area (Å²) < 4.78 is 0. The van der Waals surface area contributed by atoms with Crippen molar-refractivity contribution in [3.8, 4) is 0 Å². The molecule has 7 heteroatoms. The normalized spacial score (nSPS) is 15.5. The lowest BCUT2D eigenvalue weighted by atomic mass is 10.2. The number of para-hydroxylation sites is 1. The molecule has 3 aromatic rings. The summed E-state index contributed by atoms with van der Waals surface area (Å²) in [5.41, 5.74) is 1.87. The number of rotatable bonds is 2. The molecule has 6 nitrogen and oxygen atoms in total. The Bertz CT molecular complexity index is 793. The summed E-state index contributed by atoms with van der Waals surface area (Å²) in [6, 6.07) is 7.98. The SMILES string of the molecule is Clc1ccccc1N1CCN(c2ncnc3[nH]ncc23)CC1. The summed E-state index contributed by atoms with van der Waals surface area (Å²) in [6.45, 7) is 3.60. The number of piperazine rings is 1. The standard InChI is InChI=1S/C15H15ClN6/c16-12-3-1-2-4-13(12)21-5-7-22(8-6-21)15-11-9-19-20-14(11)17-10-18-15/h1-4,9-10H,5-8H2,(H,17,18,19,20). The van der Waals surface area contributed by atoms with Gasteiger partial charge < -0.3 is 9.80 Å². The van der Waals surface area contributed by atoms with Crippen LogP contribution in [-0.4, -0.2) is 46.3 Å². The van der Waals surface area contributed by atoms with Crippen molar-refractivity contribution in [2.75, 3.05) is 36.0 Å². The third-order valence-electron chi connectivity index (χ3n) is 4.00. The largest absolute Gasteiger partial charge is 0.367 e. The van der Waals surface area contributed by atoms with Gasteiger partial charge >= 0.3 is 0 Å². The molecule has 1 aliphatic heterocycles. The van der Waals surface area contributed by atoms with Gasteiger partial charge in [-0.25, -0.2) is 9.97 Å². The summed E-state index contributed by atoms with van der Waals surface area (Å²) in [6.07, 6.45) is 3.36. The fraction of sp³-hybridized carbons (Fsp3) is 0.267. The molecule has 3 heterocycles. The Balaban J connectivity index is 1.55. The molecule has 1 aliphatic rings. The van der Waals surface area contributed by atoms with Gasteiger partial charge in [0.2, 0.25) is 0 Å². The van der Waals surface area contributed by atoms with Crippen LogP contribution in [0, 0.1) is 0 Å². The van der Waals surface area contributed by atoms with Gasteiger partial charge in [-0.1, -0.05) is 23.7 Å². The summed E-state index contributed by atoms with van der Waals surface area (Å²) in [7, 11) is 0. The zero-order chi connectivity index (χ0) is 14.9. The zero-order valence-corrected chi connectivity index (χ0v) is 12.7. The Morgan fingerprint density at radius 3 is 2.59 bits per heavy atom. The van der Waals surface area contributed by atoms with Gasteiger partial charge in [0.1, 0.15) is 12.1 Å². The number of H-pyrrole nitrogens is 1. The van der Waals surface area contributed by atoms with Crippen LogP contribution in [0.1, 0.15) is 0 Å². The van der Waals surface area contributed by atoms with E-state index in [2.05, 4.69) is 36.0 Å². The smallest absolute Gasteiger partial charge is 0.160 e. The van der Waals surface area contributed by atoms with Crippen LogP contribution in [0.3, 0.4) is 0 Å². The second-order valence-corrected chi connectivity index (χ2v) is 5.66. The van der Waals surface area contributed by atoms with Gasteiger partial charge in [-0.15, -0.1) is 0 Å². The molecule has 0 atom stereocenters. The highest BCUT2D eigenvalue weighted by Crippen LogP contribution is 2.28. The van der Waals surface area contributed by atoms with Gasteiger partial charge in [-0.2, -0.15) is 5.10 Å². The van der Waals surface area contributed by atoms with E-state index >= 15 is 0 Å². The lowest BCUT2D eigenvalue weighted by molar-refractivity contribution is 0.649. The monoisotopic (exact) mass is 314 g/mol. The minimum atomic E-state index is 0.776. The van der Waals surface area contributed by atoms with Gasteiger partial charge in [-0.3, -0.25) is 5.10 Å². The molecule has 1 aromatic carbocycles. The van der Waals surface area contributed by atoms with E-state index in [-0.39, 0.29) is 0 Å². The number of fused-ring (bicyclic) bond motifs is 1. The van der Waals surface area contributed by atoms with Crippen molar-refractivity contribution in [3.05, 3.63) is 41.8 Å². The van der Waals surface area contributed by atoms with Crippen LogP contribution in [0.2, 0.25) is 5.02 Å². The molecule has 2 aromatic heterocycles. The van der Waals surface area contributed by atoms with Crippen molar-refractivity contribution in [2.24, 2.45) is 0 Å². The first-order valence-corrected chi connectivity index (χ1v) is 7.59. The Labute approximate surface area is 132 Å². The fourth-order valence-electron chi connectivity index (χ4n) is 2.87. The van der Waals surface area contributed by atoms with E-state index in [4.69, 9.17) is 11.6 Å². The molecular formula is C15H15ClN6. The zero-order valence-electron chi connectivity index (χ0n) is 11.9. The average molecular weight is 315 g/mol. The lowest BCUT2D eigenvalue weighted by Gasteiger charge is -2.37. The van der Waals surface area contributed by atoms with Crippen molar-refractivity contribution >= 4 is 34.1 Å². The molecule has 0 bridgehead atoms. The number of nitrogens with zero attached hydrogens (tertiary/aromatic N) is 5. The van der Waals surface area contributed by atoms with Gasteiger partial charge in [0, 0.05) is 26.2 Å². The van der Waals surface area contributed by atoms with Crippen molar-refractivity contribution in [1.29, 1.82) is 0 Å². The third kappa shape index (κ3) is 2.25. The minimum Gasteiger partial charge on any atom is -0.367 e. The number of benzene rings is 1. The highest BCUT2D eigenvalue weighted by Gasteiger charge is 2.21. The number of hydrogen-bond donors (Lipinski definition) is 1. The maximum absolute atomic E-state index is 6.29. The van der Waals surface area contributed by atoms with E-state index in [0.717, 1.165) is 53.7 Å². The molecule has 4 rings (SSSR count). The fourth-order valence-corrected chi connectivity index (χ4v) is 3.13. The molecule has 22 heavy (non-hydrogen) atoms. The van der Waals surface area contributed by atoms with Crippen molar-refractivity contribution in [2.45, 2.75) is 0 Å². The molecule has 1 fully saturated rings. The molecule has 0 spiro atoms. The van der Waals surface area contributed by atoms with Crippen molar-refractivity contribution in [3.63, 3.8) is 0 Å². The molecule has 0 aliphatic carbocycles. The summed E-state index contributed by atoms with van der Waals surface area (Å²) in [5, 5.41) is 8.70. The Hall–Kier alpha value is -2.34. The first kappa shape index (κ1) is 13.3. The maximum Gasteiger partial charge on any atom is 0.160 e. The van der Waals surface area contributed by atoms with Crippen LogP contribution in [0.5, 0.6) is 0 Å². The minimum absolute atomic E-state index is 0.776. The second-order valence-electron chi connectivity index (χ2n) is 5.26. The lowest BCUT2D eigenvalue weighted by Crippen LogP contribution is -2.47. The number of aromatic amines is 1. The maximum atomic E-state index is 6.29. The van der Waals surface area contributed by atoms with E-state index in [1.807, 2.05) is 18.2 Å². The molecule has 0 unspecified atom stereocenters. The van der Waals surface area contributed by atoms with E-state index in [9.17, 15) is 0 Å². The van der Waals surface area contributed by atoms with Gasteiger partial charge in [0.05, 0.1) is 22.3 Å². The number of aromatic nitrogens is 4. The Morgan fingerprint density at radius 1 is 1.00 bits per heavy atom. The van der Waals surface area contributed by atoms with Crippen LogP contribution >= 0.6 is 11.6 Å². The van der Waals surface area contributed by atoms with Crippen LogP contribution in [0.25, 0.3) is 11.0 Å². The number of anilines is 2. The molecule has 1 N–H and O–H groups in total. The van der Waals surface area contributed by atoms with Gasteiger partial charge in [-0.05, 0) is 12.1 Å². The second kappa shape index (κ2) is 5.46. The van der Waals surface area contributed by atoms with Crippen LogP contribution in [0.4, 0.5) is 11.5 Å². The highest BCUT2D eigenvalue weighted by molar-refractivity contribution is 6.33. The van der Waals surface area contributed by atoms with Crippen LogP contribution in [-0.2, 0) is 0 Å². The van der Waals surface area contributed by atoms with Crippen molar-refractivity contribution < 1.29 is 0 Å². The van der Waals surface area contributed by atoms with E-state index in [0.29, 0.717) is 0 Å². The average Bonchev–Trinajstić information content (AvgIpc) is 3.04. The summed E-state index contributed by atoms with van der Waals surface area (Å²) >= 11 is 6.29. The van der Waals surface area contributed by atoms with Gasteiger partial charge in [0.25, 0.3) is 0 Å². The molecule has 0 saturated carbocycles. The Morgan fingerprint density at radius 2 is 1.77 bits per heavy atom. The topological polar surface area (TPSA) is 60.9 Å². The highest BCUT2D eigenvalue weighted by atomic mass is 35.5. The third-order valence-corrected chi connectivity index (χ3v) is 4.32. The first-order chi connectivity index (χ1) is 10.8. The molecule has 1 saturated heterocycles. The van der Waals surface area contributed by atoms with Gasteiger partial charge in [0.15, 0.2) is 5.65 Å². The summed E-state index contributed by atoms with van der Waals surface area (Å²) in [4.78, 5) is 13.2. The number of nitrogens with one attached hydrogen (secondary N) is 1. The Kier molecular flexibility index (Phi) is 3.31. The quantitative estimate of drug-likeness (QED) is 0.786. The first-order valence-electron chi connectivity index (χ1n) is 7.21. The number of halogens is 1. The van der Waals surface area contributed by atoms with E-state index in [1.165, 1.54) is 0 Å². The summed E-state index contributed by atoms with van der Waals surface area (Å²) in [5.74, 6) is 0.942. The molecular weight excluding hydrogens is 300 g/mol. The predicted molar refractivity (Wildman–Crippen MR) is 87.6 cm³/mol. The molecule has 0 radical (unpaired) electrons. The van der Waals surface area contributed by atoms with Crippen molar-refractivity contribution in [1.82, 2.24) is 20.2 Å². The predicted octanol–water partition coefficient (Wildman–Crippen LogP) is 2.33. The molecule has 0 amide bonds. The molecule has 112 valence electrons.